The summed E-state index contributed by atoms with van der Waals surface area (Å²) in [5, 5.41) is 15.1. The molecule has 1 atom stereocenters. The van der Waals surface area contributed by atoms with Gasteiger partial charge in [0.2, 0.25) is 4.77 Å². The molecule has 1 saturated heterocycles. The highest BCUT2D eigenvalue weighted by Crippen LogP contribution is 2.26. The molecule has 0 bridgehead atoms. The Morgan fingerprint density at radius 2 is 2.27 bits per heavy atom. The number of sulfone groups is 1. The molecule has 0 saturated carbocycles. The van der Waals surface area contributed by atoms with Crippen LogP contribution in [-0.2, 0) is 9.84 Å². The predicted octanol–water partition coefficient (Wildman–Crippen LogP) is 0.996. The number of nitrogens with one attached hydrogen (secondary N) is 1. The highest BCUT2D eigenvalue weighted by atomic mass is 32.2. The fourth-order valence-corrected chi connectivity index (χ4v) is 4.47. The number of hydrogen-bond donors (Lipinski definition) is 1. The lowest BCUT2D eigenvalue weighted by atomic mass is 10.2. The van der Waals surface area contributed by atoms with E-state index in [9.17, 15) is 8.42 Å². The lowest BCUT2D eigenvalue weighted by Crippen LogP contribution is -2.14. The number of aromatic nitrogens is 5. The second-order valence-electron chi connectivity index (χ2n) is 5.34. The van der Waals surface area contributed by atoms with Crippen molar-refractivity contribution in [2.75, 3.05) is 11.5 Å². The Hall–Kier alpha value is -1.81. The summed E-state index contributed by atoms with van der Waals surface area (Å²) in [6, 6.07) is -0.0954. The quantitative estimate of drug-likeness (QED) is 0.664. The van der Waals surface area contributed by atoms with E-state index in [1.54, 1.807) is 10.9 Å². The molecule has 3 rings (SSSR count). The molecule has 118 valence electrons. The highest BCUT2D eigenvalue weighted by Gasteiger charge is 2.31. The lowest BCUT2D eigenvalue weighted by Gasteiger charge is -2.10. The van der Waals surface area contributed by atoms with Crippen molar-refractivity contribution in [3.63, 3.8) is 0 Å². The largest absolute Gasteiger partial charge is 0.265 e. The molecule has 0 aromatic carbocycles. The van der Waals surface area contributed by atoms with E-state index in [4.69, 9.17) is 12.2 Å². The molecule has 0 spiro atoms. The molecule has 0 radical (unpaired) electrons. The third-order valence-corrected chi connectivity index (χ3v) is 5.81. The van der Waals surface area contributed by atoms with Gasteiger partial charge in [-0.3, -0.25) is 9.78 Å². The summed E-state index contributed by atoms with van der Waals surface area (Å²) in [6.45, 7) is 3.80. The van der Waals surface area contributed by atoms with Crippen LogP contribution in [0.4, 0.5) is 0 Å². The van der Waals surface area contributed by atoms with E-state index in [1.807, 2.05) is 13.8 Å². The van der Waals surface area contributed by atoms with Crippen LogP contribution < -0.4 is 0 Å². The van der Waals surface area contributed by atoms with Crippen LogP contribution in [0.25, 0.3) is 0 Å². The molecule has 10 heteroatoms. The van der Waals surface area contributed by atoms with Crippen molar-refractivity contribution in [1.82, 2.24) is 24.7 Å². The van der Waals surface area contributed by atoms with Gasteiger partial charge in [-0.15, -0.1) is 0 Å². The molecule has 0 unspecified atom stereocenters. The Labute approximate surface area is 132 Å². The first kappa shape index (κ1) is 15.1. The average Bonchev–Trinajstić information content (AvgIpc) is 3.08. The molecule has 1 aliphatic heterocycles. The average molecular weight is 340 g/mol. The molecule has 0 amide bonds. The Balaban J connectivity index is 1.93. The maximum Gasteiger partial charge on any atom is 0.216 e. The Morgan fingerprint density at radius 1 is 1.50 bits per heavy atom. The Morgan fingerprint density at radius 3 is 2.86 bits per heavy atom. The van der Waals surface area contributed by atoms with Gasteiger partial charge in [0.15, 0.2) is 9.84 Å². The van der Waals surface area contributed by atoms with Crippen LogP contribution in [0.15, 0.2) is 11.4 Å². The highest BCUT2D eigenvalue weighted by molar-refractivity contribution is 7.91. The maximum atomic E-state index is 11.6. The molecular weight excluding hydrogens is 324 g/mol. The summed E-state index contributed by atoms with van der Waals surface area (Å²) >= 11 is 5.03. The van der Waals surface area contributed by atoms with Crippen LogP contribution in [-0.4, -0.2) is 50.8 Å². The number of aryl methyl sites for hydroxylation is 1. The molecule has 8 nitrogen and oxygen atoms in total. The standard InChI is InChI=1S/C12H16N6O2S2/c1-8-11(5-14-17-7-13-15-12(17)21)9(2)18(16-8)10-3-4-22(19,20)6-10/h5,7,10H,3-4,6H2,1-2H3,(H,15,21)/t10-/m1/s1. The zero-order chi connectivity index (χ0) is 15.9. The molecule has 1 N–H and O–H groups in total. The molecular formula is C12H16N6O2S2. The summed E-state index contributed by atoms with van der Waals surface area (Å²) in [5.74, 6) is 0.377. The zero-order valence-corrected chi connectivity index (χ0v) is 13.9. The molecule has 1 aliphatic rings. The third-order valence-electron chi connectivity index (χ3n) is 3.78. The zero-order valence-electron chi connectivity index (χ0n) is 12.2. The van der Waals surface area contributed by atoms with Crippen LogP contribution in [0.2, 0.25) is 0 Å². The number of rotatable bonds is 3. The number of hydrogen-bond acceptors (Lipinski definition) is 6. The fraction of sp³-hybridized carbons (Fsp3) is 0.500. The van der Waals surface area contributed by atoms with E-state index < -0.39 is 9.84 Å². The smallest absolute Gasteiger partial charge is 0.216 e. The van der Waals surface area contributed by atoms with Gasteiger partial charge in [0.1, 0.15) is 6.33 Å². The third kappa shape index (κ3) is 2.75. The minimum Gasteiger partial charge on any atom is -0.265 e. The molecule has 2 aromatic rings. The first-order chi connectivity index (χ1) is 10.4. The van der Waals surface area contributed by atoms with Crippen molar-refractivity contribution < 1.29 is 8.42 Å². The summed E-state index contributed by atoms with van der Waals surface area (Å²) < 4.78 is 26.9. The van der Waals surface area contributed by atoms with E-state index in [0.717, 1.165) is 17.0 Å². The van der Waals surface area contributed by atoms with Crippen molar-refractivity contribution in [2.24, 2.45) is 5.10 Å². The number of H-pyrrole nitrogens is 1. The number of aromatic amines is 1. The fourth-order valence-electron chi connectivity index (χ4n) is 2.63. The molecule has 1 fully saturated rings. The van der Waals surface area contributed by atoms with Gasteiger partial charge in [-0.25, -0.2) is 8.42 Å². The van der Waals surface area contributed by atoms with Gasteiger partial charge in [-0.05, 0) is 32.5 Å². The second kappa shape index (κ2) is 5.43. The molecule has 2 aromatic heterocycles. The van der Waals surface area contributed by atoms with Crippen molar-refractivity contribution in [3.8, 4) is 0 Å². The summed E-state index contributed by atoms with van der Waals surface area (Å²) in [6.07, 6.45) is 3.76. The molecule has 3 heterocycles. The van der Waals surface area contributed by atoms with Crippen LogP contribution in [0.3, 0.4) is 0 Å². The SMILES string of the molecule is Cc1nn([C@@H]2CCS(=O)(=O)C2)c(C)c1C=Nn1cn[nH]c1=S. The minimum atomic E-state index is -2.94. The van der Waals surface area contributed by atoms with Gasteiger partial charge in [-0.1, -0.05) is 0 Å². The van der Waals surface area contributed by atoms with E-state index in [-0.39, 0.29) is 17.5 Å². The molecule has 22 heavy (non-hydrogen) atoms. The van der Waals surface area contributed by atoms with Crippen LogP contribution in [0.1, 0.15) is 29.4 Å². The van der Waals surface area contributed by atoms with Gasteiger partial charge < -0.3 is 0 Å². The summed E-state index contributed by atoms with van der Waals surface area (Å²) in [4.78, 5) is 0. The lowest BCUT2D eigenvalue weighted by molar-refractivity contribution is 0.486. The first-order valence-corrected chi connectivity index (χ1v) is 9.03. The van der Waals surface area contributed by atoms with Gasteiger partial charge in [-0.2, -0.15) is 20.0 Å². The van der Waals surface area contributed by atoms with Crippen LogP contribution >= 0.6 is 12.2 Å². The van der Waals surface area contributed by atoms with Crippen LogP contribution in [0.5, 0.6) is 0 Å². The van der Waals surface area contributed by atoms with Gasteiger partial charge in [0, 0.05) is 11.3 Å². The number of nitrogens with zero attached hydrogens (tertiary/aromatic N) is 5. The maximum absolute atomic E-state index is 11.6. The second-order valence-corrected chi connectivity index (χ2v) is 7.95. The van der Waals surface area contributed by atoms with Gasteiger partial charge in [0.05, 0.1) is 29.5 Å². The van der Waals surface area contributed by atoms with E-state index in [2.05, 4.69) is 20.4 Å². The van der Waals surface area contributed by atoms with Crippen molar-refractivity contribution in [2.45, 2.75) is 26.3 Å². The topological polar surface area (TPSA) is 97.9 Å². The van der Waals surface area contributed by atoms with Crippen molar-refractivity contribution in [1.29, 1.82) is 0 Å². The summed E-state index contributed by atoms with van der Waals surface area (Å²) in [5.41, 5.74) is 2.58. The monoisotopic (exact) mass is 340 g/mol. The molecule has 0 aliphatic carbocycles. The van der Waals surface area contributed by atoms with E-state index in [0.29, 0.717) is 11.2 Å². The Bertz CT molecular complexity index is 889. The van der Waals surface area contributed by atoms with Gasteiger partial charge in [0.25, 0.3) is 0 Å². The minimum absolute atomic E-state index is 0.0954. The van der Waals surface area contributed by atoms with Gasteiger partial charge >= 0.3 is 0 Å². The van der Waals surface area contributed by atoms with E-state index >= 15 is 0 Å². The Kier molecular flexibility index (Phi) is 3.73. The normalized spacial score (nSPS) is 20.9. The van der Waals surface area contributed by atoms with Crippen molar-refractivity contribution >= 4 is 28.3 Å². The first-order valence-electron chi connectivity index (χ1n) is 6.80. The van der Waals surface area contributed by atoms with Crippen molar-refractivity contribution in [3.05, 3.63) is 28.0 Å². The van der Waals surface area contributed by atoms with Crippen LogP contribution in [0, 0.1) is 18.6 Å². The van der Waals surface area contributed by atoms with E-state index in [1.165, 1.54) is 11.0 Å². The summed E-state index contributed by atoms with van der Waals surface area (Å²) in [7, 11) is -2.94. The predicted molar refractivity (Wildman–Crippen MR) is 84.4 cm³/mol.